The number of aliphatic hydroxyl groups is 1. The molecule has 0 spiro atoms. The lowest BCUT2D eigenvalue weighted by Gasteiger charge is -2.20. The van der Waals surface area contributed by atoms with Crippen LogP contribution >= 0.6 is 0 Å². The molecule has 0 aromatic rings. The second kappa shape index (κ2) is 2.96. The quantitative estimate of drug-likeness (QED) is 0.584. The van der Waals surface area contributed by atoms with Crippen molar-refractivity contribution in [1.29, 1.82) is 0 Å². The maximum atomic E-state index is 9.62. The third-order valence-corrected chi connectivity index (χ3v) is 2.35. The Bertz CT molecular complexity index is 259. The van der Waals surface area contributed by atoms with Crippen LogP contribution in [0.4, 0.5) is 0 Å². The zero-order valence-corrected chi connectivity index (χ0v) is 7.90. The summed E-state index contributed by atoms with van der Waals surface area (Å²) in [6.45, 7) is 0.613. The van der Waals surface area contributed by atoms with Crippen molar-refractivity contribution >= 4 is 0 Å². The van der Waals surface area contributed by atoms with Crippen molar-refractivity contribution < 1.29 is 9.84 Å². The summed E-state index contributed by atoms with van der Waals surface area (Å²) in [6.07, 6.45) is 4.13. The van der Waals surface area contributed by atoms with E-state index >= 15 is 0 Å². The van der Waals surface area contributed by atoms with Crippen molar-refractivity contribution in [2.24, 2.45) is 0 Å². The first-order valence-corrected chi connectivity index (χ1v) is 4.39. The normalized spacial score (nSPS) is 27.5. The summed E-state index contributed by atoms with van der Waals surface area (Å²) >= 11 is 0. The standard InChI is InChI=1S/C9H14N2O2/c1-10-4-5-11(2)9(10)8-7(12)3-6-13-8/h4-5,7,12H,3,6H2,1-2H3. The lowest BCUT2D eigenvalue weighted by atomic mass is 10.2. The monoisotopic (exact) mass is 182 g/mol. The van der Waals surface area contributed by atoms with E-state index in [4.69, 9.17) is 4.74 Å². The van der Waals surface area contributed by atoms with Crippen LogP contribution in [0.1, 0.15) is 6.42 Å². The largest absolute Gasteiger partial charge is 0.491 e. The van der Waals surface area contributed by atoms with Gasteiger partial charge in [0.05, 0.1) is 6.61 Å². The smallest absolute Gasteiger partial charge is 0.165 e. The zero-order chi connectivity index (χ0) is 9.42. The van der Waals surface area contributed by atoms with Crippen LogP contribution < -0.4 is 0 Å². The van der Waals surface area contributed by atoms with E-state index in [-0.39, 0.29) is 0 Å². The molecule has 72 valence electrons. The molecule has 13 heavy (non-hydrogen) atoms. The van der Waals surface area contributed by atoms with Crippen molar-refractivity contribution in [3.8, 4) is 0 Å². The second-order valence-electron chi connectivity index (χ2n) is 3.36. The van der Waals surface area contributed by atoms with Gasteiger partial charge in [-0.25, -0.2) is 0 Å². The summed E-state index contributed by atoms with van der Waals surface area (Å²) in [5.41, 5.74) is 0. The molecule has 1 saturated heterocycles. The van der Waals surface area contributed by atoms with E-state index in [1.54, 1.807) is 0 Å². The number of rotatable bonds is 0. The molecule has 1 unspecified atom stereocenters. The topological polar surface area (TPSA) is 35.9 Å². The number of hydrogen-bond donors (Lipinski definition) is 1. The van der Waals surface area contributed by atoms with Crippen molar-refractivity contribution in [3.05, 3.63) is 24.0 Å². The van der Waals surface area contributed by atoms with Crippen LogP contribution in [0.5, 0.6) is 0 Å². The van der Waals surface area contributed by atoms with E-state index in [0.717, 1.165) is 5.82 Å². The van der Waals surface area contributed by atoms with E-state index in [9.17, 15) is 5.11 Å². The van der Waals surface area contributed by atoms with E-state index in [1.165, 1.54) is 0 Å². The fourth-order valence-electron chi connectivity index (χ4n) is 1.66. The van der Waals surface area contributed by atoms with Crippen molar-refractivity contribution in [2.45, 2.75) is 12.5 Å². The van der Waals surface area contributed by atoms with Gasteiger partial charge in [0, 0.05) is 32.9 Å². The molecule has 1 N–H and O–H groups in total. The van der Waals surface area contributed by atoms with Gasteiger partial charge in [0.25, 0.3) is 0 Å². The van der Waals surface area contributed by atoms with Gasteiger partial charge >= 0.3 is 0 Å². The summed E-state index contributed by atoms with van der Waals surface area (Å²) < 4.78 is 5.40. The molecule has 2 rings (SSSR count). The molecule has 0 aromatic heterocycles. The molecule has 2 heterocycles. The Hall–Kier alpha value is -1.16. The lowest BCUT2D eigenvalue weighted by Crippen LogP contribution is -2.22. The van der Waals surface area contributed by atoms with Crippen LogP contribution in [0.25, 0.3) is 0 Å². The number of ether oxygens (including phenoxy) is 1. The summed E-state index contributed by atoms with van der Waals surface area (Å²) in [5, 5.41) is 9.62. The molecule has 4 nitrogen and oxygen atoms in total. The molecule has 0 radical (unpaired) electrons. The molecule has 0 aromatic carbocycles. The molecule has 1 fully saturated rings. The van der Waals surface area contributed by atoms with Crippen LogP contribution in [-0.4, -0.2) is 41.7 Å². The highest BCUT2D eigenvalue weighted by molar-refractivity contribution is 5.20. The van der Waals surface area contributed by atoms with Gasteiger partial charge in [-0.1, -0.05) is 0 Å². The predicted molar refractivity (Wildman–Crippen MR) is 48.3 cm³/mol. The first kappa shape index (κ1) is 8.44. The SMILES string of the molecule is CN1C=CN(C)C1=C1OCCC1O. The predicted octanol–water partition coefficient (Wildman–Crippen LogP) is 0.285. The molecule has 0 saturated carbocycles. The van der Waals surface area contributed by atoms with E-state index in [2.05, 4.69) is 0 Å². The minimum Gasteiger partial charge on any atom is -0.491 e. The van der Waals surface area contributed by atoms with Gasteiger partial charge < -0.3 is 19.6 Å². The Labute approximate surface area is 77.7 Å². The Morgan fingerprint density at radius 1 is 1.38 bits per heavy atom. The van der Waals surface area contributed by atoms with Crippen molar-refractivity contribution in [2.75, 3.05) is 20.7 Å². The molecular weight excluding hydrogens is 168 g/mol. The molecule has 1 atom stereocenters. The van der Waals surface area contributed by atoms with Crippen LogP contribution in [0.2, 0.25) is 0 Å². The maximum Gasteiger partial charge on any atom is 0.165 e. The first-order chi connectivity index (χ1) is 6.20. The minimum atomic E-state index is -0.445. The van der Waals surface area contributed by atoms with Gasteiger partial charge in [-0.2, -0.15) is 0 Å². The average molecular weight is 182 g/mol. The summed E-state index contributed by atoms with van der Waals surface area (Å²) in [6, 6.07) is 0. The highest BCUT2D eigenvalue weighted by Gasteiger charge is 2.28. The summed E-state index contributed by atoms with van der Waals surface area (Å²) in [4.78, 5) is 3.90. The van der Waals surface area contributed by atoms with Crippen molar-refractivity contribution in [1.82, 2.24) is 9.80 Å². The van der Waals surface area contributed by atoms with Gasteiger partial charge in [-0.3, -0.25) is 0 Å². The van der Waals surface area contributed by atoms with Gasteiger partial charge in [-0.05, 0) is 0 Å². The van der Waals surface area contributed by atoms with E-state index < -0.39 is 6.10 Å². The van der Waals surface area contributed by atoms with Crippen molar-refractivity contribution in [3.63, 3.8) is 0 Å². The molecule has 0 bridgehead atoms. The Morgan fingerprint density at radius 3 is 2.46 bits per heavy atom. The third kappa shape index (κ3) is 1.27. The third-order valence-electron chi connectivity index (χ3n) is 2.35. The first-order valence-electron chi connectivity index (χ1n) is 4.39. The Kier molecular flexibility index (Phi) is 1.92. The fraction of sp³-hybridized carbons (Fsp3) is 0.556. The number of nitrogens with zero attached hydrogens (tertiary/aromatic N) is 2. The molecule has 0 aliphatic carbocycles. The summed E-state index contributed by atoms with van der Waals surface area (Å²) in [5.74, 6) is 1.63. The minimum absolute atomic E-state index is 0.445. The number of aliphatic hydroxyl groups excluding tert-OH is 1. The van der Waals surface area contributed by atoms with Crippen LogP contribution in [0.15, 0.2) is 24.0 Å². The molecule has 4 heteroatoms. The van der Waals surface area contributed by atoms with Crippen LogP contribution in [-0.2, 0) is 4.74 Å². The van der Waals surface area contributed by atoms with Gasteiger partial charge in [0.2, 0.25) is 0 Å². The Morgan fingerprint density at radius 2 is 2.00 bits per heavy atom. The van der Waals surface area contributed by atoms with Gasteiger partial charge in [0.1, 0.15) is 6.10 Å². The van der Waals surface area contributed by atoms with Gasteiger partial charge in [0.15, 0.2) is 11.6 Å². The molecule has 2 aliphatic rings. The molecule has 0 amide bonds. The number of hydrogen-bond acceptors (Lipinski definition) is 4. The van der Waals surface area contributed by atoms with Crippen LogP contribution in [0, 0.1) is 0 Å². The summed E-state index contributed by atoms with van der Waals surface area (Å²) in [7, 11) is 3.88. The highest BCUT2D eigenvalue weighted by atomic mass is 16.5. The fourth-order valence-corrected chi connectivity index (χ4v) is 1.66. The highest BCUT2D eigenvalue weighted by Crippen LogP contribution is 2.27. The zero-order valence-electron chi connectivity index (χ0n) is 7.90. The van der Waals surface area contributed by atoms with Gasteiger partial charge in [-0.15, -0.1) is 0 Å². The average Bonchev–Trinajstić information content (AvgIpc) is 2.60. The Balaban J connectivity index is 2.31. The van der Waals surface area contributed by atoms with Crippen LogP contribution in [0.3, 0.4) is 0 Å². The van der Waals surface area contributed by atoms with E-state index in [0.29, 0.717) is 18.8 Å². The van der Waals surface area contributed by atoms with E-state index in [1.807, 2.05) is 36.3 Å². The maximum absolute atomic E-state index is 9.62. The second-order valence-corrected chi connectivity index (χ2v) is 3.36. The molecular formula is C9H14N2O2. The molecule has 2 aliphatic heterocycles. The lowest BCUT2D eigenvalue weighted by molar-refractivity contribution is 0.175.